The molecule has 2 aliphatic heterocycles. The van der Waals surface area contributed by atoms with Crippen molar-refractivity contribution in [3.8, 4) is 0 Å². The summed E-state index contributed by atoms with van der Waals surface area (Å²) in [7, 11) is 1.87. The minimum Gasteiger partial charge on any atom is -0.381 e. The fourth-order valence-electron chi connectivity index (χ4n) is 3.52. The lowest BCUT2D eigenvalue weighted by molar-refractivity contribution is -0.0390. The van der Waals surface area contributed by atoms with E-state index in [1.165, 1.54) is 11.1 Å². The van der Waals surface area contributed by atoms with Gasteiger partial charge in [-0.05, 0) is 37.8 Å². The third-order valence-corrected chi connectivity index (χ3v) is 6.36. The van der Waals surface area contributed by atoms with E-state index in [-0.39, 0.29) is 28.7 Å². The molecule has 158 valence electrons. The van der Waals surface area contributed by atoms with Crippen molar-refractivity contribution in [2.24, 2.45) is 4.99 Å². The second-order valence-corrected chi connectivity index (χ2v) is 9.67. The van der Waals surface area contributed by atoms with Gasteiger partial charge in [-0.2, -0.15) is 11.8 Å². The van der Waals surface area contributed by atoms with Crippen molar-refractivity contribution in [3.63, 3.8) is 0 Å². The first-order valence-corrected chi connectivity index (χ1v) is 10.9. The summed E-state index contributed by atoms with van der Waals surface area (Å²) in [4.78, 5) is 6.85. The predicted molar refractivity (Wildman–Crippen MR) is 129 cm³/mol. The number of hydrogen-bond acceptors (Lipinski definition) is 4. The molecule has 0 radical (unpaired) electrons. The summed E-state index contributed by atoms with van der Waals surface area (Å²) in [6.07, 6.45) is 2.36. The van der Waals surface area contributed by atoms with Gasteiger partial charge < -0.3 is 19.7 Å². The number of benzene rings is 1. The average Bonchev–Trinajstić information content (AvgIpc) is 2.68. The molecule has 2 heterocycles. The molecule has 0 aliphatic carbocycles. The first kappa shape index (κ1) is 23.8. The number of nitrogens with zero attached hydrogens (tertiary/aromatic N) is 2. The van der Waals surface area contributed by atoms with Crippen molar-refractivity contribution in [2.45, 2.75) is 50.7 Å². The molecule has 28 heavy (non-hydrogen) atoms. The van der Waals surface area contributed by atoms with Crippen LogP contribution in [-0.4, -0.2) is 60.8 Å². The fourth-order valence-corrected chi connectivity index (χ4v) is 4.63. The van der Waals surface area contributed by atoms with E-state index in [4.69, 9.17) is 9.47 Å². The van der Waals surface area contributed by atoms with Crippen LogP contribution >= 0.6 is 35.7 Å². The maximum Gasteiger partial charge on any atom is 0.193 e. The Morgan fingerprint density at radius 2 is 1.93 bits per heavy atom. The number of hydrogen-bond donors (Lipinski definition) is 1. The monoisotopic (exact) mass is 519 g/mol. The average molecular weight is 519 g/mol. The summed E-state index contributed by atoms with van der Waals surface area (Å²) in [5.74, 6) is 2.14. The highest BCUT2D eigenvalue weighted by atomic mass is 127. The Balaban J connectivity index is 0.00000280. The van der Waals surface area contributed by atoms with E-state index in [1.54, 1.807) is 0 Å². The molecule has 0 unspecified atom stereocenters. The number of halogens is 1. The van der Waals surface area contributed by atoms with Crippen molar-refractivity contribution in [2.75, 3.05) is 39.1 Å². The van der Waals surface area contributed by atoms with Crippen molar-refractivity contribution in [1.29, 1.82) is 0 Å². The van der Waals surface area contributed by atoms with Gasteiger partial charge in [-0.15, -0.1) is 24.0 Å². The topological polar surface area (TPSA) is 46.1 Å². The van der Waals surface area contributed by atoms with Crippen LogP contribution in [0.3, 0.4) is 0 Å². The van der Waals surface area contributed by atoms with E-state index >= 15 is 0 Å². The molecule has 1 N–H and O–H groups in total. The van der Waals surface area contributed by atoms with Gasteiger partial charge in [0.25, 0.3) is 0 Å². The predicted octanol–water partition coefficient (Wildman–Crippen LogP) is 3.90. The van der Waals surface area contributed by atoms with Crippen LogP contribution in [0.25, 0.3) is 0 Å². The van der Waals surface area contributed by atoms with E-state index in [0.717, 1.165) is 57.4 Å². The van der Waals surface area contributed by atoms with Crippen molar-refractivity contribution in [1.82, 2.24) is 10.2 Å². The second kappa shape index (κ2) is 11.6. The van der Waals surface area contributed by atoms with Crippen LogP contribution in [-0.2, 0) is 22.6 Å². The molecular weight excluding hydrogens is 485 g/mol. The number of aliphatic imine (C=N–C) groups is 1. The molecule has 0 amide bonds. The lowest BCUT2D eigenvalue weighted by Crippen LogP contribution is -2.50. The highest BCUT2D eigenvalue weighted by molar-refractivity contribution is 14.0. The number of rotatable bonds is 5. The summed E-state index contributed by atoms with van der Waals surface area (Å²) >= 11 is 2.04. The van der Waals surface area contributed by atoms with Gasteiger partial charge in [0.1, 0.15) is 0 Å². The molecule has 0 atom stereocenters. The van der Waals surface area contributed by atoms with Gasteiger partial charge in [-0.3, -0.25) is 4.99 Å². The zero-order valence-electron chi connectivity index (χ0n) is 17.3. The second-order valence-electron chi connectivity index (χ2n) is 7.87. The van der Waals surface area contributed by atoms with Crippen molar-refractivity contribution < 1.29 is 9.47 Å². The van der Waals surface area contributed by atoms with E-state index in [2.05, 4.69) is 53.3 Å². The van der Waals surface area contributed by atoms with E-state index in [9.17, 15) is 0 Å². The number of nitrogens with one attached hydrogen (secondary N) is 1. The molecule has 1 aromatic rings. The van der Waals surface area contributed by atoms with Crippen LogP contribution in [0.5, 0.6) is 0 Å². The highest BCUT2D eigenvalue weighted by Gasteiger charge is 2.28. The van der Waals surface area contributed by atoms with Crippen LogP contribution in [0.4, 0.5) is 0 Å². The standard InChI is InChI=1S/C21H33N3O2S.HI/c1-21(2)16-24(10-13-27-21)20(22-3)23-14-17-4-6-18(7-5-17)15-26-19-8-11-25-12-9-19;/h4-7,19H,8-16H2,1-3H3,(H,22,23);1H. The van der Waals surface area contributed by atoms with Crippen LogP contribution in [0.2, 0.25) is 0 Å². The Morgan fingerprint density at radius 3 is 2.57 bits per heavy atom. The van der Waals surface area contributed by atoms with E-state index in [1.807, 2.05) is 18.8 Å². The maximum atomic E-state index is 6.00. The van der Waals surface area contributed by atoms with Gasteiger partial charge in [0.05, 0.1) is 12.7 Å². The fraction of sp³-hybridized carbons (Fsp3) is 0.667. The zero-order valence-corrected chi connectivity index (χ0v) is 20.4. The molecule has 2 fully saturated rings. The van der Waals surface area contributed by atoms with Gasteiger partial charge in [0, 0.05) is 50.4 Å². The Bertz CT molecular complexity index is 619. The lowest BCUT2D eigenvalue weighted by atomic mass is 10.1. The summed E-state index contributed by atoms with van der Waals surface area (Å²) in [6, 6.07) is 8.69. The number of thioether (sulfide) groups is 1. The third-order valence-electron chi connectivity index (χ3n) is 5.06. The number of guanidine groups is 1. The normalized spacial score (nSPS) is 20.5. The van der Waals surface area contributed by atoms with Gasteiger partial charge in [0.2, 0.25) is 0 Å². The molecular formula is C21H34IN3O2S. The summed E-state index contributed by atoms with van der Waals surface area (Å²) < 4.78 is 11.7. The molecule has 3 rings (SSSR count). The van der Waals surface area contributed by atoms with Gasteiger partial charge >= 0.3 is 0 Å². The molecule has 5 nitrogen and oxygen atoms in total. The molecule has 0 saturated carbocycles. The molecule has 2 saturated heterocycles. The van der Waals surface area contributed by atoms with Crippen molar-refractivity contribution in [3.05, 3.63) is 35.4 Å². The maximum absolute atomic E-state index is 6.00. The van der Waals surface area contributed by atoms with Gasteiger partial charge in [-0.25, -0.2) is 0 Å². The van der Waals surface area contributed by atoms with Gasteiger partial charge in [0.15, 0.2) is 5.96 Å². The molecule has 0 aromatic heterocycles. The van der Waals surface area contributed by atoms with Crippen LogP contribution in [0, 0.1) is 0 Å². The molecule has 0 spiro atoms. The summed E-state index contributed by atoms with van der Waals surface area (Å²) in [6.45, 7) is 9.80. The molecule has 0 bridgehead atoms. The number of ether oxygens (including phenoxy) is 2. The Kier molecular flexibility index (Phi) is 9.86. The largest absolute Gasteiger partial charge is 0.381 e. The molecule has 7 heteroatoms. The summed E-state index contributed by atoms with van der Waals surface area (Å²) in [5, 5.41) is 3.52. The smallest absolute Gasteiger partial charge is 0.193 e. The van der Waals surface area contributed by atoms with E-state index < -0.39 is 0 Å². The van der Waals surface area contributed by atoms with E-state index in [0.29, 0.717) is 12.7 Å². The van der Waals surface area contributed by atoms with Crippen molar-refractivity contribution >= 4 is 41.7 Å². The molecule has 2 aliphatic rings. The highest BCUT2D eigenvalue weighted by Crippen LogP contribution is 2.29. The van der Waals surface area contributed by atoms with Crippen LogP contribution < -0.4 is 5.32 Å². The lowest BCUT2D eigenvalue weighted by Gasteiger charge is -2.39. The van der Waals surface area contributed by atoms with Gasteiger partial charge in [-0.1, -0.05) is 24.3 Å². The first-order valence-electron chi connectivity index (χ1n) is 9.92. The minimum absolute atomic E-state index is 0. The Morgan fingerprint density at radius 1 is 1.25 bits per heavy atom. The SMILES string of the molecule is CN=C(NCc1ccc(COC2CCOCC2)cc1)N1CCSC(C)(C)C1.I. The quantitative estimate of drug-likeness (QED) is 0.363. The summed E-state index contributed by atoms with van der Waals surface area (Å²) in [5.41, 5.74) is 2.49. The first-order chi connectivity index (χ1) is 13.1. The van der Waals surface area contributed by atoms with Crippen LogP contribution in [0.15, 0.2) is 29.3 Å². The zero-order chi connectivity index (χ0) is 19.1. The Hall–Kier alpha value is -0.510. The Labute approximate surface area is 191 Å². The minimum atomic E-state index is 0. The molecule has 1 aromatic carbocycles. The van der Waals surface area contributed by atoms with Crippen LogP contribution in [0.1, 0.15) is 37.8 Å². The third kappa shape index (κ3) is 7.39.